The van der Waals surface area contributed by atoms with E-state index in [0.29, 0.717) is 17.5 Å². The average molecular weight is 344 g/mol. The molecule has 0 amide bonds. The maximum absolute atomic E-state index is 13.2. The van der Waals surface area contributed by atoms with E-state index in [1.54, 1.807) is 31.4 Å². The van der Waals surface area contributed by atoms with Gasteiger partial charge in [-0.3, -0.25) is 4.79 Å². The summed E-state index contributed by atoms with van der Waals surface area (Å²) in [6, 6.07) is 10.8. The maximum Gasteiger partial charge on any atom is 0.425 e. The highest BCUT2D eigenvalue weighted by molar-refractivity contribution is 5.87. The number of hydrogen-bond donors (Lipinski definition) is 1. The molecule has 0 atom stereocenters. The molecule has 0 bridgehead atoms. The van der Waals surface area contributed by atoms with Crippen molar-refractivity contribution in [2.24, 2.45) is 0 Å². The lowest BCUT2D eigenvalue weighted by atomic mass is 10.0. The van der Waals surface area contributed by atoms with E-state index in [2.05, 4.69) is 0 Å². The fourth-order valence-electron chi connectivity index (χ4n) is 2.40. The third-order valence-electron chi connectivity index (χ3n) is 3.64. The molecule has 0 aliphatic carbocycles. The van der Waals surface area contributed by atoms with Crippen LogP contribution in [-0.2, 0) is 11.3 Å². The number of ether oxygens (including phenoxy) is 2. The Morgan fingerprint density at radius 1 is 1.24 bits per heavy atom. The molecule has 0 aliphatic heterocycles. The van der Waals surface area contributed by atoms with Crippen LogP contribution < -0.4 is 16.0 Å². The topological polar surface area (TPSA) is 90.4 Å². The summed E-state index contributed by atoms with van der Waals surface area (Å²) in [6.45, 7) is -0.190. The summed E-state index contributed by atoms with van der Waals surface area (Å²) in [5, 5.41) is 1.69. The Morgan fingerprint density at radius 2 is 2.04 bits per heavy atom. The molecule has 25 heavy (non-hydrogen) atoms. The molecule has 0 saturated heterocycles. The van der Waals surface area contributed by atoms with E-state index in [1.807, 2.05) is 17.1 Å². The van der Waals surface area contributed by atoms with Crippen molar-refractivity contribution >= 4 is 16.9 Å². The first-order valence-electron chi connectivity index (χ1n) is 7.24. The quantitative estimate of drug-likeness (QED) is 0.785. The number of rotatable bonds is 3. The number of nitrogens with zero attached hydrogens (tertiary/aromatic N) is 1. The molecule has 0 aliphatic rings. The van der Waals surface area contributed by atoms with Gasteiger partial charge < -0.3 is 14.5 Å². The molecule has 0 saturated carbocycles. The normalized spacial score (nSPS) is 10.6. The number of carbonyl (C=O) groups excluding carboxylic acids is 1. The zero-order valence-electron chi connectivity index (χ0n) is 13.1. The second kappa shape index (κ2) is 6.60. The van der Waals surface area contributed by atoms with Gasteiger partial charge in [0.05, 0.1) is 7.11 Å². The Morgan fingerprint density at radius 3 is 2.80 bits per heavy atom. The zero-order chi connectivity index (χ0) is 18.0. The number of aromatic amines is 1. The van der Waals surface area contributed by atoms with E-state index in [0.717, 1.165) is 10.8 Å². The monoisotopic (exact) mass is 344 g/mol. The summed E-state index contributed by atoms with van der Waals surface area (Å²) in [5.74, 6) is -0.576. The summed E-state index contributed by atoms with van der Waals surface area (Å²) in [4.78, 5) is 37.1. The van der Waals surface area contributed by atoms with Crippen molar-refractivity contribution in [3.63, 3.8) is 0 Å². The fourth-order valence-corrected chi connectivity index (χ4v) is 2.40. The fraction of sp³-hybridized carbons (Fsp3) is 0.118. The van der Waals surface area contributed by atoms with Crippen molar-refractivity contribution in [1.29, 1.82) is 0 Å². The Kier molecular flexibility index (Phi) is 4.34. The van der Waals surface area contributed by atoms with Crippen LogP contribution in [-0.4, -0.2) is 22.8 Å². The van der Waals surface area contributed by atoms with E-state index in [9.17, 15) is 18.8 Å². The Bertz CT molecular complexity index is 1070. The van der Waals surface area contributed by atoms with Crippen LogP contribution in [0.25, 0.3) is 10.8 Å². The standard InChI is InChI=1S/C17H13FN2O5/c1-24-12-5-6-13-10(7-12)3-2-4-11(13)9-25-17(23)20-15(21)14(18)8-19-16(20)22/h2-8H,9H2,1H3,(H,19,22). The van der Waals surface area contributed by atoms with Gasteiger partial charge in [-0.2, -0.15) is 8.96 Å². The molecule has 0 unspecified atom stereocenters. The number of nitrogens with one attached hydrogen (secondary N) is 1. The molecule has 1 N–H and O–H groups in total. The number of fused-ring (bicyclic) bond motifs is 1. The number of halogens is 1. The van der Waals surface area contributed by atoms with Crippen molar-refractivity contribution in [3.8, 4) is 5.75 Å². The van der Waals surface area contributed by atoms with Gasteiger partial charge in [0.1, 0.15) is 12.4 Å². The lowest BCUT2D eigenvalue weighted by Gasteiger charge is -2.09. The van der Waals surface area contributed by atoms with E-state index < -0.39 is 23.2 Å². The second-order valence-corrected chi connectivity index (χ2v) is 5.14. The lowest BCUT2D eigenvalue weighted by Crippen LogP contribution is -2.41. The molecule has 1 heterocycles. The molecule has 8 heteroatoms. The van der Waals surface area contributed by atoms with Crippen molar-refractivity contribution in [1.82, 2.24) is 9.55 Å². The molecular weight excluding hydrogens is 331 g/mol. The van der Waals surface area contributed by atoms with Crippen LogP contribution in [0.15, 0.2) is 52.2 Å². The third-order valence-corrected chi connectivity index (χ3v) is 3.64. The second-order valence-electron chi connectivity index (χ2n) is 5.14. The first-order chi connectivity index (χ1) is 12.0. The average Bonchev–Trinajstić information content (AvgIpc) is 2.62. The van der Waals surface area contributed by atoms with Gasteiger partial charge in [-0.15, -0.1) is 0 Å². The molecule has 1 aromatic heterocycles. The van der Waals surface area contributed by atoms with Gasteiger partial charge in [0.2, 0.25) is 5.82 Å². The number of aromatic nitrogens is 2. The Labute approximate surface area is 140 Å². The van der Waals surface area contributed by atoms with Crippen LogP contribution >= 0.6 is 0 Å². The number of H-pyrrole nitrogens is 1. The van der Waals surface area contributed by atoms with Gasteiger partial charge in [-0.1, -0.05) is 24.3 Å². The molecular formula is C17H13FN2O5. The summed E-state index contributed by atoms with van der Waals surface area (Å²) in [5.41, 5.74) is -1.77. The van der Waals surface area contributed by atoms with E-state index in [1.165, 1.54) is 0 Å². The first-order valence-corrected chi connectivity index (χ1v) is 7.24. The highest BCUT2D eigenvalue weighted by Gasteiger charge is 2.16. The number of hydrogen-bond acceptors (Lipinski definition) is 5. The minimum absolute atomic E-state index is 0.0729. The van der Waals surface area contributed by atoms with Crippen LogP contribution in [0.2, 0.25) is 0 Å². The molecule has 3 aromatic rings. The first kappa shape index (κ1) is 16.4. The van der Waals surface area contributed by atoms with E-state index >= 15 is 0 Å². The summed E-state index contributed by atoms with van der Waals surface area (Å²) in [6.07, 6.45) is -0.664. The molecule has 0 radical (unpaired) electrons. The van der Waals surface area contributed by atoms with Crippen LogP contribution in [0, 0.1) is 5.82 Å². The molecule has 3 rings (SSSR count). The summed E-state index contributed by atoms with van der Waals surface area (Å²) >= 11 is 0. The van der Waals surface area contributed by atoms with Gasteiger partial charge in [-0.25, -0.2) is 9.59 Å². The Hall–Kier alpha value is -3.42. The zero-order valence-corrected chi connectivity index (χ0v) is 13.1. The molecule has 2 aromatic carbocycles. The number of methoxy groups -OCH3 is 1. The van der Waals surface area contributed by atoms with Crippen molar-refractivity contribution in [2.75, 3.05) is 7.11 Å². The molecule has 0 spiro atoms. The minimum atomic E-state index is -1.36. The maximum atomic E-state index is 13.2. The highest BCUT2D eigenvalue weighted by atomic mass is 19.1. The SMILES string of the molecule is COc1ccc2c(COC(=O)n3c(=O)[nH]cc(F)c3=O)cccc2c1. The van der Waals surface area contributed by atoms with Gasteiger partial charge in [0.25, 0.3) is 0 Å². The molecule has 0 fully saturated rings. The predicted molar refractivity (Wildman–Crippen MR) is 87.4 cm³/mol. The lowest BCUT2D eigenvalue weighted by molar-refractivity contribution is 0.139. The summed E-state index contributed by atoms with van der Waals surface area (Å²) in [7, 11) is 1.56. The van der Waals surface area contributed by atoms with Crippen LogP contribution in [0.4, 0.5) is 9.18 Å². The number of benzene rings is 2. The van der Waals surface area contributed by atoms with Crippen LogP contribution in [0.1, 0.15) is 5.56 Å². The van der Waals surface area contributed by atoms with E-state index in [-0.39, 0.29) is 11.2 Å². The molecule has 128 valence electrons. The van der Waals surface area contributed by atoms with Gasteiger partial charge in [0.15, 0.2) is 0 Å². The van der Waals surface area contributed by atoms with Crippen LogP contribution in [0.3, 0.4) is 0 Å². The predicted octanol–water partition coefficient (Wildman–Crippen LogP) is 2.02. The van der Waals surface area contributed by atoms with Gasteiger partial charge in [0, 0.05) is 6.20 Å². The third kappa shape index (κ3) is 3.14. The highest BCUT2D eigenvalue weighted by Crippen LogP contribution is 2.24. The van der Waals surface area contributed by atoms with E-state index in [4.69, 9.17) is 9.47 Å². The van der Waals surface area contributed by atoms with Crippen LogP contribution in [0.5, 0.6) is 5.75 Å². The van der Waals surface area contributed by atoms with Crippen molar-refractivity contribution in [2.45, 2.75) is 6.61 Å². The van der Waals surface area contributed by atoms with Gasteiger partial charge in [-0.05, 0) is 28.5 Å². The number of carbonyl (C=O) groups is 1. The van der Waals surface area contributed by atoms with Crippen molar-refractivity contribution < 1.29 is 18.7 Å². The molecule has 7 nitrogen and oxygen atoms in total. The largest absolute Gasteiger partial charge is 0.497 e. The minimum Gasteiger partial charge on any atom is -0.497 e. The summed E-state index contributed by atoms with van der Waals surface area (Å²) < 4.78 is 23.5. The van der Waals surface area contributed by atoms with Gasteiger partial charge >= 0.3 is 17.3 Å². The smallest absolute Gasteiger partial charge is 0.425 e. The Balaban J connectivity index is 1.89. The van der Waals surface area contributed by atoms with Crippen molar-refractivity contribution in [3.05, 3.63) is 74.8 Å².